The number of nitrogens with one attached hydrogen (secondary N) is 1. The van der Waals surface area contributed by atoms with Crippen molar-refractivity contribution in [2.24, 2.45) is 10.9 Å². The van der Waals surface area contributed by atoms with Gasteiger partial charge in [0.1, 0.15) is 5.92 Å². The monoisotopic (exact) mass is 501 g/mol. The summed E-state index contributed by atoms with van der Waals surface area (Å²) in [5.74, 6) is -1.13. The highest BCUT2D eigenvalue weighted by atomic mass is 35.5. The van der Waals surface area contributed by atoms with E-state index in [4.69, 9.17) is 23.2 Å². The highest BCUT2D eigenvalue weighted by molar-refractivity contribution is 6.42. The molecule has 0 spiro atoms. The Bertz CT molecular complexity index is 1060. The van der Waals surface area contributed by atoms with Crippen LogP contribution >= 0.6 is 23.2 Å². The van der Waals surface area contributed by atoms with E-state index in [-0.39, 0.29) is 16.7 Å². The highest BCUT2D eigenvalue weighted by Crippen LogP contribution is 2.41. The number of nitrogens with zero attached hydrogens (tertiary/aromatic N) is 4. The molecular weight excluding hydrogens is 478 g/mol. The van der Waals surface area contributed by atoms with Crippen LogP contribution in [-0.4, -0.2) is 52.5 Å². The van der Waals surface area contributed by atoms with E-state index >= 15 is 0 Å². The molecule has 1 saturated heterocycles. The number of piperidine rings is 1. The summed E-state index contributed by atoms with van der Waals surface area (Å²) in [5, 5.41) is 7.26. The zero-order valence-electron chi connectivity index (χ0n) is 18.0. The number of alkyl halides is 3. The molecule has 33 heavy (non-hydrogen) atoms. The number of halogens is 5. The predicted octanol–water partition coefficient (Wildman–Crippen LogP) is 5.12. The Kier molecular flexibility index (Phi) is 7.02. The van der Waals surface area contributed by atoms with Gasteiger partial charge in [0, 0.05) is 24.9 Å². The third-order valence-corrected chi connectivity index (χ3v) is 6.81. The lowest BCUT2D eigenvalue weighted by molar-refractivity contribution is -0.141. The largest absolute Gasteiger partial charge is 0.435 e. The van der Waals surface area contributed by atoms with Crippen molar-refractivity contribution in [3.8, 4) is 0 Å². The van der Waals surface area contributed by atoms with Crippen molar-refractivity contribution in [3.63, 3.8) is 0 Å². The average Bonchev–Trinajstić information content (AvgIpc) is 3.19. The second-order valence-corrected chi connectivity index (χ2v) is 9.19. The number of aromatic nitrogens is 2. The lowest BCUT2D eigenvalue weighted by atomic mass is 9.87. The maximum atomic E-state index is 13.4. The molecule has 4 rings (SSSR count). The average molecular weight is 502 g/mol. The molecule has 2 atom stereocenters. The van der Waals surface area contributed by atoms with Gasteiger partial charge in [-0.3, -0.25) is 4.79 Å². The quantitative estimate of drug-likeness (QED) is 0.618. The molecule has 0 aliphatic carbocycles. The van der Waals surface area contributed by atoms with Crippen molar-refractivity contribution in [2.45, 2.75) is 38.4 Å². The normalized spacial score (nSPS) is 21.5. The standard InChI is InChI=1S/C22H24Cl2F3N5O/c1-13-19(21(33)28-7-10-31-8-3-2-4-9-31)20(14-5-6-15(23)16(24)11-14)32-18(29-13)12-17(30-32)22(25,26)27/h5-6,11-12,19-20H,2-4,7-10H2,1H3,(H,28,33). The van der Waals surface area contributed by atoms with E-state index in [2.05, 4.69) is 20.3 Å². The number of carbonyl (C=O) groups excluding carboxylic acids is 1. The van der Waals surface area contributed by atoms with Crippen molar-refractivity contribution in [1.29, 1.82) is 0 Å². The number of likely N-dealkylation sites (tertiary alicyclic amines) is 1. The number of carbonyl (C=O) groups is 1. The minimum atomic E-state index is -4.64. The number of hydrogen-bond donors (Lipinski definition) is 1. The Hall–Kier alpha value is -2.10. The molecule has 0 saturated carbocycles. The van der Waals surface area contributed by atoms with E-state index in [9.17, 15) is 18.0 Å². The summed E-state index contributed by atoms with van der Waals surface area (Å²) >= 11 is 12.2. The molecule has 0 bridgehead atoms. The maximum absolute atomic E-state index is 13.4. The molecule has 1 aromatic carbocycles. The van der Waals surface area contributed by atoms with Crippen LogP contribution in [0, 0.1) is 5.92 Å². The summed E-state index contributed by atoms with van der Waals surface area (Å²) in [6, 6.07) is 4.79. The molecule has 2 unspecified atom stereocenters. The van der Waals surface area contributed by atoms with Crippen molar-refractivity contribution in [2.75, 3.05) is 26.2 Å². The van der Waals surface area contributed by atoms with Crippen LogP contribution in [0.5, 0.6) is 0 Å². The minimum Gasteiger partial charge on any atom is -0.354 e. The van der Waals surface area contributed by atoms with Gasteiger partial charge in [-0.1, -0.05) is 35.7 Å². The number of rotatable bonds is 5. The molecule has 11 heteroatoms. The molecule has 1 N–H and O–H groups in total. The van der Waals surface area contributed by atoms with E-state index in [0.717, 1.165) is 43.2 Å². The molecule has 6 nitrogen and oxygen atoms in total. The molecule has 1 amide bonds. The van der Waals surface area contributed by atoms with Gasteiger partial charge in [-0.2, -0.15) is 18.3 Å². The first kappa shape index (κ1) is 24.0. The van der Waals surface area contributed by atoms with Crippen LogP contribution < -0.4 is 5.32 Å². The zero-order chi connectivity index (χ0) is 23.8. The third kappa shape index (κ3) is 5.20. The lowest BCUT2D eigenvalue weighted by Gasteiger charge is -2.32. The summed E-state index contributed by atoms with van der Waals surface area (Å²) in [6.07, 6.45) is -1.13. The topological polar surface area (TPSA) is 62.5 Å². The fourth-order valence-electron chi connectivity index (χ4n) is 4.42. The van der Waals surface area contributed by atoms with Crippen LogP contribution in [0.15, 0.2) is 29.3 Å². The second kappa shape index (κ2) is 9.64. The Balaban J connectivity index is 1.64. The van der Waals surface area contributed by atoms with Gasteiger partial charge in [0.05, 0.1) is 16.1 Å². The fraction of sp³-hybridized carbons (Fsp3) is 0.500. The molecule has 2 aliphatic rings. The summed E-state index contributed by atoms with van der Waals surface area (Å²) in [5.41, 5.74) is -0.138. The van der Waals surface area contributed by atoms with Gasteiger partial charge in [-0.25, -0.2) is 9.67 Å². The summed E-state index contributed by atoms with van der Waals surface area (Å²) in [7, 11) is 0. The summed E-state index contributed by atoms with van der Waals surface area (Å²) in [6.45, 7) is 4.81. The molecule has 3 heterocycles. The Morgan fingerprint density at radius 3 is 2.55 bits per heavy atom. The van der Waals surface area contributed by atoms with E-state index < -0.39 is 23.8 Å². The highest BCUT2D eigenvalue weighted by Gasteiger charge is 2.42. The van der Waals surface area contributed by atoms with Gasteiger partial charge in [0.2, 0.25) is 5.91 Å². The number of amides is 1. The minimum absolute atomic E-state index is 0.0354. The Morgan fingerprint density at radius 1 is 1.15 bits per heavy atom. The van der Waals surface area contributed by atoms with Gasteiger partial charge in [0.25, 0.3) is 0 Å². The molecule has 2 aliphatic heterocycles. The third-order valence-electron chi connectivity index (χ3n) is 6.07. The van der Waals surface area contributed by atoms with Crippen LogP contribution in [0.25, 0.3) is 0 Å². The van der Waals surface area contributed by atoms with E-state index in [1.54, 1.807) is 25.1 Å². The van der Waals surface area contributed by atoms with Crippen molar-refractivity contribution >= 4 is 40.6 Å². The smallest absolute Gasteiger partial charge is 0.354 e. The van der Waals surface area contributed by atoms with E-state index in [1.165, 1.54) is 6.42 Å². The van der Waals surface area contributed by atoms with Gasteiger partial charge in [0.15, 0.2) is 11.5 Å². The van der Waals surface area contributed by atoms with Crippen LogP contribution in [0.1, 0.15) is 43.5 Å². The van der Waals surface area contributed by atoms with Crippen molar-refractivity contribution in [1.82, 2.24) is 20.0 Å². The van der Waals surface area contributed by atoms with Crippen molar-refractivity contribution in [3.05, 3.63) is 45.6 Å². The number of aliphatic imine (C=N–C) groups is 1. The predicted molar refractivity (Wildman–Crippen MR) is 121 cm³/mol. The molecular formula is C22H24Cl2F3N5O. The first-order chi connectivity index (χ1) is 15.6. The van der Waals surface area contributed by atoms with Crippen molar-refractivity contribution < 1.29 is 18.0 Å². The Labute approximate surface area is 199 Å². The summed E-state index contributed by atoms with van der Waals surface area (Å²) < 4.78 is 41.3. The first-order valence-corrected chi connectivity index (χ1v) is 11.6. The van der Waals surface area contributed by atoms with Crippen LogP contribution in [-0.2, 0) is 11.0 Å². The number of fused-ring (bicyclic) bond motifs is 1. The van der Waals surface area contributed by atoms with Gasteiger partial charge >= 0.3 is 6.18 Å². The first-order valence-electron chi connectivity index (χ1n) is 10.8. The molecule has 1 fully saturated rings. The second-order valence-electron chi connectivity index (χ2n) is 8.37. The SMILES string of the molecule is CC1=Nc2cc(C(F)(F)F)nn2C(c2ccc(Cl)c(Cl)c2)C1C(=O)NCCN1CCCCC1. The maximum Gasteiger partial charge on any atom is 0.435 e. The lowest BCUT2D eigenvalue weighted by Crippen LogP contribution is -2.45. The molecule has 2 aromatic rings. The van der Waals surface area contributed by atoms with Gasteiger partial charge in [-0.05, 0) is 50.6 Å². The molecule has 1 aromatic heterocycles. The van der Waals surface area contributed by atoms with Crippen LogP contribution in [0.2, 0.25) is 10.0 Å². The van der Waals surface area contributed by atoms with Crippen LogP contribution in [0.4, 0.5) is 19.0 Å². The summed E-state index contributed by atoms with van der Waals surface area (Å²) in [4.78, 5) is 19.8. The molecule has 0 radical (unpaired) electrons. The van der Waals surface area contributed by atoms with Crippen LogP contribution in [0.3, 0.4) is 0 Å². The number of hydrogen-bond acceptors (Lipinski definition) is 4. The zero-order valence-corrected chi connectivity index (χ0v) is 19.5. The van der Waals surface area contributed by atoms with Gasteiger partial charge < -0.3 is 10.2 Å². The van der Waals surface area contributed by atoms with Gasteiger partial charge in [-0.15, -0.1) is 0 Å². The fourth-order valence-corrected chi connectivity index (χ4v) is 4.73. The van der Waals surface area contributed by atoms with E-state index in [1.807, 2.05) is 0 Å². The number of benzene rings is 1. The Morgan fingerprint density at radius 2 is 1.88 bits per heavy atom. The molecule has 178 valence electrons. The van der Waals surface area contributed by atoms with E-state index in [0.29, 0.717) is 22.8 Å².